The fraction of sp³-hybridized carbons (Fsp3) is 0.450. The van der Waals surface area contributed by atoms with Crippen LogP contribution in [0.25, 0.3) is 11.3 Å². The van der Waals surface area contributed by atoms with Crippen molar-refractivity contribution >= 4 is 0 Å². The maximum atomic E-state index is 4.62. The maximum absolute atomic E-state index is 4.62. The first kappa shape index (κ1) is 14.3. The summed E-state index contributed by atoms with van der Waals surface area (Å²) < 4.78 is 0. The Labute approximate surface area is 128 Å². The Hall–Kier alpha value is -1.63. The monoisotopic (exact) mass is 279 g/mol. The zero-order chi connectivity index (χ0) is 15.4. The molecule has 1 aromatic carbocycles. The minimum absolute atomic E-state index is 0.245. The first-order chi connectivity index (χ1) is 9.71. The van der Waals surface area contributed by atoms with Crippen molar-refractivity contribution in [1.29, 1.82) is 0 Å². The number of pyridine rings is 1. The van der Waals surface area contributed by atoms with Crippen LogP contribution in [-0.4, -0.2) is 4.98 Å². The van der Waals surface area contributed by atoms with Crippen LogP contribution in [0, 0.1) is 13.8 Å². The summed E-state index contributed by atoms with van der Waals surface area (Å²) in [4.78, 5) is 4.62. The molecule has 1 aliphatic rings. The van der Waals surface area contributed by atoms with E-state index in [2.05, 4.69) is 70.8 Å². The van der Waals surface area contributed by atoms with Crippen molar-refractivity contribution in [1.82, 2.24) is 4.98 Å². The summed E-state index contributed by atoms with van der Waals surface area (Å²) in [5.41, 5.74) is 8.39. The van der Waals surface area contributed by atoms with Gasteiger partial charge in [0, 0.05) is 11.8 Å². The highest BCUT2D eigenvalue weighted by Gasteiger charge is 2.41. The van der Waals surface area contributed by atoms with Crippen molar-refractivity contribution in [2.45, 2.75) is 58.8 Å². The normalized spacial score (nSPS) is 18.6. The van der Waals surface area contributed by atoms with Crippen LogP contribution in [0.3, 0.4) is 0 Å². The molecule has 0 spiro atoms. The topological polar surface area (TPSA) is 12.9 Å². The highest BCUT2D eigenvalue weighted by atomic mass is 14.7. The van der Waals surface area contributed by atoms with E-state index in [0.29, 0.717) is 0 Å². The Morgan fingerprint density at radius 3 is 2.19 bits per heavy atom. The lowest BCUT2D eigenvalue weighted by Gasteiger charge is -2.22. The van der Waals surface area contributed by atoms with E-state index < -0.39 is 0 Å². The van der Waals surface area contributed by atoms with Crippen molar-refractivity contribution < 1.29 is 0 Å². The number of rotatable bonds is 1. The summed E-state index contributed by atoms with van der Waals surface area (Å²) in [7, 11) is 0. The number of aryl methyl sites for hydroxylation is 2. The molecule has 3 rings (SSSR count). The average Bonchev–Trinajstić information content (AvgIpc) is 2.58. The van der Waals surface area contributed by atoms with Crippen LogP contribution in [0.1, 0.15) is 56.4 Å². The molecule has 110 valence electrons. The SMILES string of the molecule is Cc1cnc(-c2ccc3c(c2)C(C)(C)CC3(C)C)cc1C. The van der Waals surface area contributed by atoms with Crippen LogP contribution >= 0.6 is 0 Å². The molecule has 1 heteroatoms. The standard InChI is InChI=1S/C20H25N/c1-13-9-18(21-11-14(13)2)15-7-8-16-17(10-15)20(5,6)12-19(16,3)4/h7-11H,12H2,1-6H3. The zero-order valence-corrected chi connectivity index (χ0v) is 14.0. The summed E-state index contributed by atoms with van der Waals surface area (Å²) in [6.45, 7) is 13.7. The molecule has 21 heavy (non-hydrogen) atoms. The molecule has 0 radical (unpaired) electrons. The van der Waals surface area contributed by atoms with Crippen molar-refractivity contribution in [2.75, 3.05) is 0 Å². The van der Waals surface area contributed by atoms with Crippen molar-refractivity contribution in [3.05, 3.63) is 52.7 Å². The van der Waals surface area contributed by atoms with Crippen LogP contribution in [0.5, 0.6) is 0 Å². The first-order valence-electron chi connectivity index (χ1n) is 7.79. The highest BCUT2D eigenvalue weighted by Crippen LogP contribution is 2.50. The van der Waals surface area contributed by atoms with Gasteiger partial charge in [-0.15, -0.1) is 0 Å². The third kappa shape index (κ3) is 2.29. The van der Waals surface area contributed by atoms with E-state index in [0.717, 1.165) is 5.69 Å². The van der Waals surface area contributed by atoms with E-state index in [-0.39, 0.29) is 10.8 Å². The minimum atomic E-state index is 0.245. The highest BCUT2D eigenvalue weighted by molar-refractivity contribution is 5.64. The van der Waals surface area contributed by atoms with Gasteiger partial charge < -0.3 is 0 Å². The van der Waals surface area contributed by atoms with Crippen LogP contribution in [0.4, 0.5) is 0 Å². The molecule has 1 aromatic heterocycles. The summed E-state index contributed by atoms with van der Waals surface area (Å²) in [5, 5.41) is 0. The smallest absolute Gasteiger partial charge is 0.0704 e. The number of aromatic nitrogens is 1. The molecule has 0 N–H and O–H groups in total. The van der Waals surface area contributed by atoms with Gasteiger partial charge in [-0.1, -0.05) is 39.8 Å². The predicted molar refractivity (Wildman–Crippen MR) is 89.8 cm³/mol. The molecule has 0 aliphatic heterocycles. The van der Waals surface area contributed by atoms with Crippen molar-refractivity contribution in [3.63, 3.8) is 0 Å². The molecule has 1 aliphatic carbocycles. The molecule has 0 atom stereocenters. The third-order valence-corrected chi connectivity index (χ3v) is 5.03. The molecule has 1 nitrogen and oxygen atoms in total. The Morgan fingerprint density at radius 1 is 0.857 bits per heavy atom. The van der Waals surface area contributed by atoms with Gasteiger partial charge in [-0.05, 0) is 65.5 Å². The minimum Gasteiger partial charge on any atom is -0.256 e. The largest absolute Gasteiger partial charge is 0.256 e. The zero-order valence-electron chi connectivity index (χ0n) is 14.0. The van der Waals surface area contributed by atoms with E-state index in [1.807, 2.05) is 6.20 Å². The van der Waals surface area contributed by atoms with Gasteiger partial charge in [0.1, 0.15) is 0 Å². The van der Waals surface area contributed by atoms with Gasteiger partial charge in [0.2, 0.25) is 0 Å². The van der Waals surface area contributed by atoms with E-state index in [9.17, 15) is 0 Å². The molecule has 2 aromatic rings. The van der Waals surface area contributed by atoms with Gasteiger partial charge in [-0.2, -0.15) is 0 Å². The summed E-state index contributed by atoms with van der Waals surface area (Å²) in [5.74, 6) is 0. The van der Waals surface area contributed by atoms with Gasteiger partial charge in [-0.25, -0.2) is 0 Å². The third-order valence-electron chi connectivity index (χ3n) is 5.03. The average molecular weight is 279 g/mol. The molecule has 0 unspecified atom stereocenters. The van der Waals surface area contributed by atoms with Gasteiger partial charge in [0.05, 0.1) is 5.69 Å². The van der Waals surface area contributed by atoms with Gasteiger partial charge >= 0.3 is 0 Å². The van der Waals surface area contributed by atoms with Crippen LogP contribution in [0.2, 0.25) is 0 Å². The number of benzene rings is 1. The molecule has 0 amide bonds. The van der Waals surface area contributed by atoms with E-state index >= 15 is 0 Å². The number of hydrogen-bond donors (Lipinski definition) is 0. The summed E-state index contributed by atoms with van der Waals surface area (Å²) >= 11 is 0. The van der Waals surface area contributed by atoms with Gasteiger partial charge in [-0.3, -0.25) is 4.98 Å². The Bertz CT molecular complexity index is 708. The molecular weight excluding hydrogens is 254 g/mol. The predicted octanol–water partition coefficient (Wildman–Crippen LogP) is 5.32. The molecule has 0 bridgehead atoms. The lowest BCUT2D eigenvalue weighted by molar-refractivity contribution is 0.403. The Morgan fingerprint density at radius 2 is 1.52 bits per heavy atom. The number of nitrogens with zero attached hydrogens (tertiary/aromatic N) is 1. The van der Waals surface area contributed by atoms with E-state index in [4.69, 9.17) is 0 Å². The molecule has 0 saturated heterocycles. The Balaban J connectivity index is 2.14. The second-order valence-corrected chi connectivity index (χ2v) is 7.86. The van der Waals surface area contributed by atoms with Crippen molar-refractivity contribution in [3.8, 4) is 11.3 Å². The second-order valence-electron chi connectivity index (χ2n) is 7.86. The second kappa shape index (κ2) is 4.43. The lowest BCUT2D eigenvalue weighted by atomic mass is 9.82. The first-order valence-corrected chi connectivity index (χ1v) is 7.79. The summed E-state index contributed by atoms with van der Waals surface area (Å²) in [6.07, 6.45) is 3.19. The fourth-order valence-electron chi connectivity index (χ4n) is 3.93. The number of hydrogen-bond acceptors (Lipinski definition) is 1. The Kier molecular flexibility index (Phi) is 3.02. The van der Waals surface area contributed by atoms with E-state index in [1.165, 1.54) is 34.2 Å². The van der Waals surface area contributed by atoms with Crippen LogP contribution in [0.15, 0.2) is 30.5 Å². The number of fused-ring (bicyclic) bond motifs is 1. The maximum Gasteiger partial charge on any atom is 0.0704 e. The van der Waals surface area contributed by atoms with Crippen LogP contribution in [-0.2, 0) is 10.8 Å². The van der Waals surface area contributed by atoms with E-state index in [1.54, 1.807) is 0 Å². The molecular formula is C20H25N. The molecule has 0 fully saturated rings. The van der Waals surface area contributed by atoms with Gasteiger partial charge in [0.15, 0.2) is 0 Å². The molecule has 1 heterocycles. The van der Waals surface area contributed by atoms with Crippen LogP contribution < -0.4 is 0 Å². The van der Waals surface area contributed by atoms with Gasteiger partial charge in [0.25, 0.3) is 0 Å². The quantitative estimate of drug-likeness (QED) is 0.688. The fourth-order valence-corrected chi connectivity index (χ4v) is 3.93. The van der Waals surface area contributed by atoms with Crippen molar-refractivity contribution in [2.24, 2.45) is 0 Å². The summed E-state index contributed by atoms with van der Waals surface area (Å²) in [6, 6.07) is 9.11. The molecule has 0 saturated carbocycles. The lowest BCUT2D eigenvalue weighted by Crippen LogP contribution is -2.17.